The molecule has 1 aromatic carbocycles. The van der Waals surface area contributed by atoms with Crippen molar-refractivity contribution in [2.75, 3.05) is 5.32 Å². The summed E-state index contributed by atoms with van der Waals surface area (Å²) in [7, 11) is 0. The lowest BCUT2D eigenvalue weighted by molar-refractivity contribution is 0.101. The third-order valence-electron chi connectivity index (χ3n) is 5.21. The molecule has 4 rings (SSSR count). The van der Waals surface area contributed by atoms with Crippen LogP contribution in [-0.2, 0) is 13.1 Å². The van der Waals surface area contributed by atoms with Crippen molar-refractivity contribution < 1.29 is 9.32 Å². The van der Waals surface area contributed by atoms with E-state index in [9.17, 15) is 4.79 Å². The van der Waals surface area contributed by atoms with Crippen LogP contribution in [-0.4, -0.2) is 30.6 Å². The number of benzene rings is 1. The second-order valence-electron chi connectivity index (χ2n) is 7.67. The number of aryl methyl sites for hydroxylation is 3. The molecule has 0 saturated carbocycles. The minimum absolute atomic E-state index is 0.186. The summed E-state index contributed by atoms with van der Waals surface area (Å²) in [6, 6.07) is 8.22. The molecule has 0 fully saturated rings. The van der Waals surface area contributed by atoms with E-state index in [1.54, 1.807) is 16.3 Å². The first-order chi connectivity index (χ1) is 15.2. The van der Waals surface area contributed by atoms with Crippen LogP contribution in [0.1, 0.15) is 44.3 Å². The number of anilines is 1. The number of aromatic nitrogens is 5. The number of halogens is 2. The molecular formula is C22H22BrClN6O2. The van der Waals surface area contributed by atoms with Gasteiger partial charge < -0.3 is 9.84 Å². The summed E-state index contributed by atoms with van der Waals surface area (Å²) in [5.41, 5.74) is 4.68. The van der Waals surface area contributed by atoms with Gasteiger partial charge in [-0.25, -0.2) is 0 Å². The van der Waals surface area contributed by atoms with E-state index in [0.29, 0.717) is 39.7 Å². The van der Waals surface area contributed by atoms with Crippen LogP contribution in [0.2, 0.25) is 5.02 Å². The van der Waals surface area contributed by atoms with Crippen molar-refractivity contribution in [3.8, 4) is 0 Å². The van der Waals surface area contributed by atoms with Crippen LogP contribution in [0.4, 0.5) is 5.82 Å². The highest BCUT2D eigenvalue weighted by Gasteiger charge is 2.23. The Morgan fingerprint density at radius 1 is 1.12 bits per heavy atom. The molecule has 0 atom stereocenters. The smallest absolute Gasteiger partial charge is 0.279 e. The van der Waals surface area contributed by atoms with Crippen molar-refractivity contribution in [1.82, 2.24) is 24.7 Å². The molecule has 0 aliphatic carbocycles. The van der Waals surface area contributed by atoms with Crippen LogP contribution in [0.25, 0.3) is 0 Å². The minimum Gasteiger partial charge on any atom is -0.361 e. The highest BCUT2D eigenvalue weighted by molar-refractivity contribution is 9.10. The maximum atomic E-state index is 13.0. The van der Waals surface area contributed by atoms with Crippen LogP contribution in [0.3, 0.4) is 0 Å². The van der Waals surface area contributed by atoms with Crippen molar-refractivity contribution in [3.05, 3.63) is 79.5 Å². The van der Waals surface area contributed by atoms with Crippen molar-refractivity contribution in [3.63, 3.8) is 0 Å². The van der Waals surface area contributed by atoms with Crippen molar-refractivity contribution in [1.29, 1.82) is 0 Å². The summed E-state index contributed by atoms with van der Waals surface area (Å²) in [5, 5.41) is 16.3. The standard InChI is InChI=1S/C22H22BrClN6O2/c1-12-5-7-16(8-6-12)9-29-11-18(23)21(27-29)25-22(31)20-17(15(4)32-28-20)10-30-14(3)19(24)13(2)26-30/h5-8,11H,9-10H2,1-4H3,(H,25,27,31). The van der Waals surface area contributed by atoms with E-state index in [2.05, 4.69) is 60.9 Å². The monoisotopic (exact) mass is 516 g/mol. The Balaban J connectivity index is 1.53. The second kappa shape index (κ2) is 8.91. The lowest BCUT2D eigenvalue weighted by atomic mass is 10.1. The van der Waals surface area contributed by atoms with Crippen LogP contribution in [0.5, 0.6) is 0 Å². The van der Waals surface area contributed by atoms with Gasteiger partial charge in [0.15, 0.2) is 11.5 Å². The second-order valence-corrected chi connectivity index (χ2v) is 8.90. The molecule has 1 amide bonds. The van der Waals surface area contributed by atoms with Gasteiger partial charge in [0, 0.05) is 11.8 Å². The topological polar surface area (TPSA) is 90.8 Å². The van der Waals surface area contributed by atoms with Gasteiger partial charge in [0.1, 0.15) is 5.76 Å². The maximum Gasteiger partial charge on any atom is 0.279 e. The lowest BCUT2D eigenvalue weighted by Gasteiger charge is -2.06. The number of hydrogen-bond donors (Lipinski definition) is 1. The van der Waals surface area contributed by atoms with Gasteiger partial charge in [-0.1, -0.05) is 46.6 Å². The quantitative estimate of drug-likeness (QED) is 0.386. The molecule has 0 bridgehead atoms. The predicted octanol–water partition coefficient (Wildman–Crippen LogP) is 5.07. The summed E-state index contributed by atoms with van der Waals surface area (Å²) in [6.07, 6.45) is 1.82. The summed E-state index contributed by atoms with van der Waals surface area (Å²) in [6.45, 7) is 8.43. The Kier molecular flexibility index (Phi) is 6.21. The van der Waals surface area contributed by atoms with E-state index in [4.69, 9.17) is 16.1 Å². The fourth-order valence-corrected chi connectivity index (χ4v) is 3.89. The average Bonchev–Trinajstić information content (AvgIpc) is 3.36. The zero-order valence-corrected chi connectivity index (χ0v) is 20.5. The van der Waals surface area contributed by atoms with E-state index in [1.165, 1.54) is 5.56 Å². The molecule has 0 aliphatic heterocycles. The average molecular weight is 518 g/mol. The van der Waals surface area contributed by atoms with Crippen LogP contribution >= 0.6 is 27.5 Å². The molecule has 166 valence electrons. The lowest BCUT2D eigenvalue weighted by Crippen LogP contribution is -2.17. The van der Waals surface area contributed by atoms with E-state index in [-0.39, 0.29) is 5.69 Å². The van der Waals surface area contributed by atoms with Gasteiger partial charge in [-0.05, 0) is 49.2 Å². The van der Waals surface area contributed by atoms with E-state index in [1.807, 2.05) is 27.0 Å². The number of carbonyl (C=O) groups excluding carboxylic acids is 1. The van der Waals surface area contributed by atoms with Crippen molar-refractivity contribution in [2.24, 2.45) is 0 Å². The number of carbonyl (C=O) groups is 1. The van der Waals surface area contributed by atoms with E-state index < -0.39 is 5.91 Å². The number of hydrogen-bond acceptors (Lipinski definition) is 5. The predicted molar refractivity (Wildman–Crippen MR) is 125 cm³/mol. The zero-order chi connectivity index (χ0) is 23.0. The van der Waals surface area contributed by atoms with Crippen molar-refractivity contribution >= 4 is 39.3 Å². The molecular weight excluding hydrogens is 496 g/mol. The van der Waals surface area contributed by atoms with Gasteiger partial charge in [0.25, 0.3) is 5.91 Å². The molecule has 8 nitrogen and oxygen atoms in total. The van der Waals surface area contributed by atoms with Gasteiger partial charge in [-0.3, -0.25) is 14.2 Å². The SMILES string of the molecule is Cc1ccc(Cn2cc(Br)c(NC(=O)c3noc(C)c3Cn3nc(C)c(Cl)c3C)n2)cc1. The first kappa shape index (κ1) is 22.3. The fourth-order valence-electron chi connectivity index (χ4n) is 3.34. The first-order valence-electron chi connectivity index (χ1n) is 9.97. The first-order valence-corrected chi connectivity index (χ1v) is 11.1. The number of nitrogens with one attached hydrogen (secondary N) is 1. The summed E-state index contributed by atoms with van der Waals surface area (Å²) in [5.74, 6) is 0.538. The Morgan fingerprint density at radius 2 is 1.84 bits per heavy atom. The summed E-state index contributed by atoms with van der Waals surface area (Å²) in [4.78, 5) is 13.0. The number of amides is 1. The molecule has 0 spiro atoms. The fraction of sp³-hybridized carbons (Fsp3) is 0.273. The minimum atomic E-state index is -0.411. The third kappa shape index (κ3) is 4.49. The molecule has 3 aromatic heterocycles. The zero-order valence-electron chi connectivity index (χ0n) is 18.1. The van der Waals surface area contributed by atoms with Crippen LogP contribution in [0.15, 0.2) is 39.5 Å². The van der Waals surface area contributed by atoms with Crippen molar-refractivity contribution in [2.45, 2.75) is 40.8 Å². The molecule has 10 heteroatoms. The van der Waals surface area contributed by atoms with Gasteiger partial charge in [-0.2, -0.15) is 10.2 Å². The molecule has 0 aliphatic rings. The van der Waals surface area contributed by atoms with Gasteiger partial charge in [-0.15, -0.1) is 0 Å². The number of rotatable bonds is 6. The Hall–Kier alpha value is -2.91. The highest BCUT2D eigenvalue weighted by Crippen LogP contribution is 2.25. The van der Waals surface area contributed by atoms with Crippen LogP contribution < -0.4 is 5.32 Å². The maximum absolute atomic E-state index is 13.0. The Morgan fingerprint density at radius 3 is 2.50 bits per heavy atom. The van der Waals surface area contributed by atoms with Gasteiger partial charge in [0.05, 0.1) is 34.0 Å². The highest BCUT2D eigenvalue weighted by atomic mass is 79.9. The summed E-state index contributed by atoms with van der Waals surface area (Å²) >= 11 is 9.73. The Labute approximate surface area is 198 Å². The third-order valence-corrected chi connectivity index (χ3v) is 6.34. The van der Waals surface area contributed by atoms with Gasteiger partial charge >= 0.3 is 0 Å². The van der Waals surface area contributed by atoms with Gasteiger partial charge in [0.2, 0.25) is 0 Å². The molecule has 32 heavy (non-hydrogen) atoms. The van der Waals surface area contributed by atoms with E-state index in [0.717, 1.165) is 17.0 Å². The van der Waals surface area contributed by atoms with Crippen LogP contribution in [0, 0.1) is 27.7 Å². The molecule has 0 saturated heterocycles. The summed E-state index contributed by atoms with van der Waals surface area (Å²) < 4.78 is 9.47. The normalized spacial score (nSPS) is 11.2. The molecule has 0 radical (unpaired) electrons. The number of nitrogens with zero attached hydrogens (tertiary/aromatic N) is 5. The molecule has 4 aromatic rings. The molecule has 3 heterocycles. The Bertz CT molecular complexity index is 1290. The molecule has 1 N–H and O–H groups in total. The molecule has 0 unspecified atom stereocenters. The van der Waals surface area contributed by atoms with E-state index >= 15 is 0 Å². The largest absolute Gasteiger partial charge is 0.361 e.